The van der Waals surface area contributed by atoms with Gasteiger partial charge in [-0.2, -0.15) is 5.26 Å². The fourth-order valence-electron chi connectivity index (χ4n) is 2.19. The number of aromatic nitrogens is 2. The first-order chi connectivity index (χ1) is 11.1. The van der Waals surface area contributed by atoms with Crippen LogP contribution < -0.4 is 16.0 Å². The lowest BCUT2D eigenvalue weighted by molar-refractivity contribution is 0.0979. The summed E-state index contributed by atoms with van der Waals surface area (Å²) in [5.74, 6) is 0. The minimum atomic E-state index is -0.910. The molecule has 1 aromatic heterocycles. The van der Waals surface area contributed by atoms with Crippen LogP contribution in [0.15, 0.2) is 52.1 Å². The molecule has 0 saturated heterocycles. The molecule has 0 aliphatic heterocycles. The predicted octanol–water partition coefficient (Wildman–Crippen LogP) is 1.84. The first-order valence-corrected chi connectivity index (χ1v) is 7.04. The van der Waals surface area contributed by atoms with Crippen molar-refractivity contribution in [2.24, 2.45) is 0 Å². The van der Waals surface area contributed by atoms with Crippen LogP contribution >= 0.6 is 11.6 Å². The lowest BCUT2D eigenvalue weighted by Crippen LogP contribution is -2.39. The van der Waals surface area contributed by atoms with Gasteiger partial charge in [-0.05, 0) is 17.7 Å². The summed E-state index contributed by atoms with van der Waals surface area (Å²) in [4.78, 5) is 31.8. The Labute approximate surface area is 135 Å². The molecular weight excluding hydrogens is 318 g/mol. The lowest BCUT2D eigenvalue weighted by Gasteiger charge is -2.12. The zero-order valence-electron chi connectivity index (χ0n) is 11.7. The van der Waals surface area contributed by atoms with E-state index in [-0.39, 0.29) is 22.7 Å². The first-order valence-electron chi connectivity index (χ1n) is 6.66. The molecule has 0 unspecified atom stereocenters. The molecule has 0 atom stereocenters. The molecule has 3 aromatic rings. The van der Waals surface area contributed by atoms with Crippen molar-refractivity contribution in [2.75, 3.05) is 0 Å². The molecular formula is C16H10ClN3O3. The van der Waals surface area contributed by atoms with Gasteiger partial charge in [0.25, 0.3) is 0 Å². The van der Waals surface area contributed by atoms with E-state index in [0.29, 0.717) is 5.52 Å². The van der Waals surface area contributed by atoms with Gasteiger partial charge in [-0.1, -0.05) is 41.9 Å². The molecule has 0 aliphatic rings. The van der Waals surface area contributed by atoms with Crippen molar-refractivity contribution in [3.8, 4) is 6.07 Å². The third kappa shape index (κ3) is 2.70. The summed E-state index contributed by atoms with van der Waals surface area (Å²) in [6, 6.07) is 14.1. The molecule has 0 saturated carbocycles. The standard InChI is InChI=1S/C16H10ClN3O3/c17-12-6-7-13-14(11(12)8-18)20(16(22)15(21)19-13)23-9-10-4-2-1-3-5-10/h1-7H,9H2,(H,19,21). The Morgan fingerprint density at radius 3 is 2.61 bits per heavy atom. The number of rotatable bonds is 3. The molecule has 6 nitrogen and oxygen atoms in total. The maximum Gasteiger partial charge on any atom is 0.349 e. The van der Waals surface area contributed by atoms with Crippen LogP contribution in [0.1, 0.15) is 11.1 Å². The minimum Gasteiger partial charge on any atom is -0.405 e. The van der Waals surface area contributed by atoms with Crippen molar-refractivity contribution >= 4 is 22.6 Å². The fraction of sp³-hybridized carbons (Fsp3) is 0.0625. The van der Waals surface area contributed by atoms with E-state index in [1.54, 1.807) is 0 Å². The van der Waals surface area contributed by atoms with E-state index >= 15 is 0 Å². The Balaban J connectivity index is 2.20. The summed E-state index contributed by atoms with van der Waals surface area (Å²) < 4.78 is 0.825. The van der Waals surface area contributed by atoms with Gasteiger partial charge >= 0.3 is 11.1 Å². The van der Waals surface area contributed by atoms with E-state index < -0.39 is 11.1 Å². The van der Waals surface area contributed by atoms with Gasteiger partial charge in [0.1, 0.15) is 23.8 Å². The van der Waals surface area contributed by atoms with Gasteiger partial charge in [-0.25, -0.2) is 0 Å². The number of nitrogens with one attached hydrogen (secondary N) is 1. The van der Waals surface area contributed by atoms with Gasteiger partial charge in [0.05, 0.1) is 10.5 Å². The fourth-order valence-corrected chi connectivity index (χ4v) is 2.39. The highest BCUT2D eigenvalue weighted by molar-refractivity contribution is 6.32. The van der Waals surface area contributed by atoms with E-state index in [0.717, 1.165) is 10.3 Å². The Hall–Kier alpha value is -3.04. The highest BCUT2D eigenvalue weighted by atomic mass is 35.5. The third-order valence-corrected chi connectivity index (χ3v) is 3.59. The Bertz CT molecular complexity index is 1030. The largest absolute Gasteiger partial charge is 0.405 e. The summed E-state index contributed by atoms with van der Waals surface area (Å²) >= 11 is 6.00. The Morgan fingerprint density at radius 2 is 1.91 bits per heavy atom. The number of hydrogen-bond donors (Lipinski definition) is 1. The molecule has 7 heteroatoms. The van der Waals surface area contributed by atoms with E-state index in [9.17, 15) is 14.9 Å². The Morgan fingerprint density at radius 1 is 1.17 bits per heavy atom. The molecule has 114 valence electrons. The summed E-state index contributed by atoms with van der Waals surface area (Å²) in [7, 11) is 0. The molecule has 1 heterocycles. The van der Waals surface area contributed by atoms with Crippen molar-refractivity contribution in [3.63, 3.8) is 0 Å². The number of hydrogen-bond acceptors (Lipinski definition) is 4. The van der Waals surface area contributed by atoms with E-state index in [4.69, 9.17) is 16.4 Å². The van der Waals surface area contributed by atoms with Gasteiger partial charge in [-0.15, -0.1) is 4.73 Å². The van der Waals surface area contributed by atoms with Crippen LogP contribution in [0.2, 0.25) is 5.02 Å². The lowest BCUT2D eigenvalue weighted by atomic mass is 10.2. The number of nitriles is 1. The molecule has 0 bridgehead atoms. The third-order valence-electron chi connectivity index (χ3n) is 3.27. The normalized spacial score (nSPS) is 10.4. The number of benzene rings is 2. The summed E-state index contributed by atoms with van der Waals surface area (Å²) in [6.45, 7) is 0.0662. The second-order valence-electron chi connectivity index (χ2n) is 4.74. The molecule has 0 fully saturated rings. The van der Waals surface area contributed by atoms with Gasteiger partial charge in [0, 0.05) is 0 Å². The zero-order chi connectivity index (χ0) is 16.4. The molecule has 0 amide bonds. The van der Waals surface area contributed by atoms with Gasteiger partial charge in [-0.3, -0.25) is 9.59 Å². The number of H-pyrrole nitrogens is 1. The number of halogens is 1. The molecule has 1 N–H and O–H groups in total. The van der Waals surface area contributed by atoms with E-state index in [1.165, 1.54) is 12.1 Å². The van der Waals surface area contributed by atoms with Gasteiger partial charge in [0.15, 0.2) is 0 Å². The number of nitrogens with zero attached hydrogens (tertiary/aromatic N) is 2. The van der Waals surface area contributed by atoms with E-state index in [1.807, 2.05) is 36.4 Å². The second-order valence-corrected chi connectivity index (χ2v) is 5.15. The molecule has 0 spiro atoms. The van der Waals surface area contributed by atoms with Crippen LogP contribution in [0, 0.1) is 11.3 Å². The zero-order valence-corrected chi connectivity index (χ0v) is 12.5. The Kier molecular flexibility index (Phi) is 3.87. The second kappa shape index (κ2) is 5.99. The van der Waals surface area contributed by atoms with Crippen LogP contribution in [0.3, 0.4) is 0 Å². The predicted molar refractivity (Wildman–Crippen MR) is 85.3 cm³/mol. The average Bonchev–Trinajstić information content (AvgIpc) is 2.57. The minimum absolute atomic E-state index is 0.0607. The van der Waals surface area contributed by atoms with Crippen LogP contribution in [0.25, 0.3) is 11.0 Å². The van der Waals surface area contributed by atoms with E-state index in [2.05, 4.69) is 4.98 Å². The molecule has 2 aromatic carbocycles. The maximum absolute atomic E-state index is 12.1. The highest BCUT2D eigenvalue weighted by Gasteiger charge is 2.15. The van der Waals surface area contributed by atoms with Crippen molar-refractivity contribution in [1.29, 1.82) is 5.26 Å². The highest BCUT2D eigenvalue weighted by Crippen LogP contribution is 2.22. The number of aromatic amines is 1. The molecule has 0 radical (unpaired) electrons. The summed E-state index contributed by atoms with van der Waals surface area (Å²) in [5, 5.41) is 9.46. The first kappa shape index (κ1) is 14.9. The molecule has 23 heavy (non-hydrogen) atoms. The molecule has 0 aliphatic carbocycles. The molecule has 3 rings (SSSR count). The van der Waals surface area contributed by atoms with Crippen molar-refractivity contribution in [1.82, 2.24) is 9.71 Å². The van der Waals surface area contributed by atoms with Gasteiger partial charge in [0.2, 0.25) is 0 Å². The SMILES string of the molecule is N#Cc1c(Cl)ccc2[nH]c(=O)c(=O)n(OCc3ccccc3)c12. The maximum atomic E-state index is 12.1. The van der Waals surface area contributed by atoms with Crippen LogP contribution in [0.4, 0.5) is 0 Å². The topological polar surface area (TPSA) is 87.9 Å². The summed E-state index contributed by atoms with van der Waals surface area (Å²) in [5.41, 5.74) is -0.438. The smallest absolute Gasteiger partial charge is 0.349 e. The average molecular weight is 328 g/mol. The van der Waals surface area contributed by atoms with Gasteiger partial charge < -0.3 is 9.82 Å². The number of fused-ring (bicyclic) bond motifs is 1. The van der Waals surface area contributed by atoms with Crippen molar-refractivity contribution in [3.05, 3.63) is 79.3 Å². The van der Waals surface area contributed by atoms with Crippen molar-refractivity contribution < 1.29 is 4.84 Å². The monoisotopic (exact) mass is 327 g/mol. The van der Waals surface area contributed by atoms with Crippen LogP contribution in [0.5, 0.6) is 0 Å². The van der Waals surface area contributed by atoms with Crippen molar-refractivity contribution in [2.45, 2.75) is 6.61 Å². The quantitative estimate of drug-likeness (QED) is 0.743. The van der Waals surface area contributed by atoms with Crippen LogP contribution in [-0.2, 0) is 6.61 Å². The summed E-state index contributed by atoms with van der Waals surface area (Å²) in [6.07, 6.45) is 0. The van der Waals surface area contributed by atoms with Crippen LogP contribution in [-0.4, -0.2) is 9.71 Å².